The molecule has 45 heavy (non-hydrogen) atoms. The second kappa shape index (κ2) is 11.5. The second-order valence-electron chi connectivity index (χ2n) is 12.1. The van der Waals surface area contributed by atoms with Crippen LogP contribution in [0.1, 0.15) is 61.0 Å². The van der Waals surface area contributed by atoms with E-state index in [2.05, 4.69) is 14.8 Å². The topological polar surface area (TPSA) is 133 Å². The summed E-state index contributed by atoms with van der Waals surface area (Å²) in [5.41, 5.74) is 0.453. The maximum Gasteiger partial charge on any atom is 0.333 e. The molecule has 240 valence electrons. The van der Waals surface area contributed by atoms with Gasteiger partial charge < -0.3 is 15.1 Å². The van der Waals surface area contributed by atoms with E-state index in [1.807, 2.05) is 4.90 Å². The summed E-state index contributed by atoms with van der Waals surface area (Å²) in [6, 6.07) is 3.85. The Morgan fingerprint density at radius 2 is 1.96 bits per heavy atom. The van der Waals surface area contributed by atoms with E-state index in [1.54, 1.807) is 11.6 Å². The molecule has 3 N–H and O–H groups in total. The fourth-order valence-corrected chi connectivity index (χ4v) is 10.2. The van der Waals surface area contributed by atoms with Gasteiger partial charge in [0.1, 0.15) is 11.9 Å². The van der Waals surface area contributed by atoms with E-state index in [9.17, 15) is 31.8 Å². The van der Waals surface area contributed by atoms with Crippen molar-refractivity contribution >= 4 is 44.4 Å². The van der Waals surface area contributed by atoms with E-state index in [0.29, 0.717) is 45.2 Å². The van der Waals surface area contributed by atoms with Crippen LogP contribution in [0, 0.1) is 17.7 Å². The molecule has 0 amide bonds. The zero-order chi connectivity index (χ0) is 31.7. The van der Waals surface area contributed by atoms with Gasteiger partial charge in [0.05, 0.1) is 23.2 Å². The van der Waals surface area contributed by atoms with Crippen molar-refractivity contribution in [2.24, 2.45) is 16.8 Å². The van der Waals surface area contributed by atoms with Crippen LogP contribution in [-0.4, -0.2) is 74.2 Å². The molecule has 1 aromatic carbocycles. The Kier molecular flexibility index (Phi) is 7.84. The molecule has 2 bridgehead atoms. The Hall–Kier alpha value is -2.82. The number of nitrogens with one attached hydrogen (secondary N) is 1. The molecule has 1 saturated heterocycles. The van der Waals surface area contributed by atoms with Gasteiger partial charge in [-0.25, -0.2) is 27.2 Å². The van der Waals surface area contributed by atoms with Crippen LogP contribution in [0.25, 0.3) is 5.57 Å². The van der Waals surface area contributed by atoms with Gasteiger partial charge in [0, 0.05) is 58.6 Å². The normalized spacial score (nSPS) is 29.9. The Bertz CT molecular complexity index is 1770. The van der Waals surface area contributed by atoms with Crippen molar-refractivity contribution in [3.8, 4) is 0 Å². The molecule has 2 unspecified atom stereocenters. The third-order valence-corrected chi connectivity index (χ3v) is 12.6. The largest absolute Gasteiger partial charge is 0.393 e. The average Bonchev–Trinajstić information content (AvgIpc) is 3.79. The van der Waals surface area contributed by atoms with Crippen LogP contribution in [0.15, 0.2) is 52.7 Å². The summed E-state index contributed by atoms with van der Waals surface area (Å²) in [4.78, 5) is 11.3. The van der Waals surface area contributed by atoms with Gasteiger partial charge in [-0.3, -0.25) is 4.99 Å². The number of fused-ring (bicyclic) bond motifs is 3. The summed E-state index contributed by atoms with van der Waals surface area (Å²) in [5.74, 6) is -0.707. The number of alkyl halides is 2. The van der Waals surface area contributed by atoms with Crippen LogP contribution in [0.3, 0.4) is 0 Å². The predicted molar refractivity (Wildman–Crippen MR) is 162 cm³/mol. The molecule has 3 aromatic rings. The summed E-state index contributed by atoms with van der Waals surface area (Å²) < 4.78 is 72.3. The Balaban J connectivity index is 1.28. The molecule has 2 aliphatic carbocycles. The Labute approximate surface area is 266 Å². The number of nitrogens with zero attached hydrogens (tertiary/aromatic N) is 5. The lowest BCUT2D eigenvalue weighted by Crippen LogP contribution is -2.53. The number of benzene rings is 1. The van der Waals surface area contributed by atoms with Gasteiger partial charge in [0.25, 0.3) is 0 Å². The number of aliphatic hydroxyl groups is 2. The number of amidine groups is 1. The molecular weight excluding hydrogens is 653 g/mol. The van der Waals surface area contributed by atoms with Gasteiger partial charge in [-0.15, -0.1) is 11.3 Å². The van der Waals surface area contributed by atoms with Crippen LogP contribution in [0.2, 0.25) is 5.02 Å². The van der Waals surface area contributed by atoms with E-state index >= 15 is 0 Å². The van der Waals surface area contributed by atoms with Gasteiger partial charge in [-0.2, -0.15) is 13.9 Å². The van der Waals surface area contributed by atoms with E-state index in [4.69, 9.17) is 16.6 Å². The maximum atomic E-state index is 14.1. The monoisotopic (exact) mass is 682 g/mol. The average molecular weight is 683 g/mol. The molecule has 7 rings (SSSR count). The van der Waals surface area contributed by atoms with E-state index in [-0.39, 0.29) is 48.4 Å². The first-order valence-corrected chi connectivity index (χ1v) is 17.4. The summed E-state index contributed by atoms with van der Waals surface area (Å²) in [6.45, 7) is -3.09. The van der Waals surface area contributed by atoms with Crippen molar-refractivity contribution in [1.82, 2.24) is 24.4 Å². The molecule has 2 saturated carbocycles. The number of thiazole rings is 1. The summed E-state index contributed by atoms with van der Waals surface area (Å²) >= 11 is 7.85. The first kappa shape index (κ1) is 30.8. The minimum absolute atomic E-state index is 0.0899. The quantitative estimate of drug-likeness (QED) is 0.322. The van der Waals surface area contributed by atoms with Crippen LogP contribution < -0.4 is 4.72 Å². The van der Waals surface area contributed by atoms with Crippen LogP contribution >= 0.6 is 22.9 Å². The zero-order valence-electron chi connectivity index (χ0n) is 23.7. The summed E-state index contributed by atoms with van der Waals surface area (Å²) in [6.07, 6.45) is 4.77. The van der Waals surface area contributed by atoms with Crippen molar-refractivity contribution in [1.29, 1.82) is 0 Å². The smallest absolute Gasteiger partial charge is 0.333 e. The van der Waals surface area contributed by atoms with Crippen molar-refractivity contribution in [2.45, 2.75) is 61.6 Å². The number of aliphatic imine (C=N–C) groups is 1. The van der Waals surface area contributed by atoms with Gasteiger partial charge in [0.15, 0.2) is 10.8 Å². The van der Waals surface area contributed by atoms with E-state index < -0.39 is 51.9 Å². The standard InChI is InChI=1S/C29H30ClF3N6O4S2/c30-21-11-17(31)3-4-20(21)25-24(22-5-7-39(36-22)28(32)33)23-12-18(13-38(23)26(35-25)27-34-6-8-44-27)37-45(42,43)19-9-15-1-2-16(10-19)29(15,41)14-40/h3-8,11,15-16,18-19,25,28,37,40-41H,1-2,9-10,12-14H2/t15?,16?,18-,19?,25-,29?/m0/s1. The first-order chi connectivity index (χ1) is 21.5. The molecule has 4 heterocycles. The van der Waals surface area contributed by atoms with Crippen molar-refractivity contribution < 1.29 is 31.8 Å². The number of hydrogen-bond acceptors (Lipinski definition) is 9. The van der Waals surface area contributed by atoms with Gasteiger partial charge >= 0.3 is 6.55 Å². The number of sulfonamides is 1. The van der Waals surface area contributed by atoms with Crippen molar-refractivity contribution in [2.75, 3.05) is 13.2 Å². The van der Waals surface area contributed by atoms with Crippen molar-refractivity contribution in [3.63, 3.8) is 0 Å². The molecule has 4 atom stereocenters. The van der Waals surface area contributed by atoms with E-state index in [0.717, 1.165) is 12.3 Å². The first-order valence-electron chi connectivity index (χ1n) is 14.6. The summed E-state index contributed by atoms with van der Waals surface area (Å²) in [5, 5.41) is 26.6. The number of aliphatic hydroxyl groups excluding tert-OH is 1. The van der Waals surface area contributed by atoms with Crippen LogP contribution in [0.5, 0.6) is 0 Å². The molecule has 16 heteroatoms. The fourth-order valence-electron chi connectivity index (χ4n) is 7.48. The zero-order valence-corrected chi connectivity index (χ0v) is 26.1. The SMILES string of the molecule is O=S(=O)(N[C@H]1CC2=C(c3ccn(C(F)F)n3)[C@H](c3ccc(F)cc3Cl)N=C(c3nccs3)N2C1)C1CC2CCC(C1)C2(O)CO. The lowest BCUT2D eigenvalue weighted by molar-refractivity contribution is -0.0944. The Morgan fingerprint density at radius 1 is 1.20 bits per heavy atom. The van der Waals surface area contributed by atoms with Gasteiger partial charge in [-0.05, 0) is 55.7 Å². The molecule has 3 fully saturated rings. The lowest BCUT2D eigenvalue weighted by atomic mass is 9.75. The van der Waals surface area contributed by atoms with Crippen LogP contribution in [-0.2, 0) is 10.0 Å². The minimum atomic E-state index is -3.86. The molecule has 0 spiro atoms. The predicted octanol–water partition coefficient (Wildman–Crippen LogP) is 4.35. The second-order valence-corrected chi connectivity index (χ2v) is 15.4. The third kappa shape index (κ3) is 5.30. The molecule has 2 aromatic heterocycles. The van der Waals surface area contributed by atoms with E-state index in [1.165, 1.54) is 29.5 Å². The highest BCUT2D eigenvalue weighted by Gasteiger charge is 2.55. The molecule has 0 radical (unpaired) electrons. The van der Waals surface area contributed by atoms with Gasteiger partial charge in [-0.1, -0.05) is 17.7 Å². The number of aromatic nitrogens is 3. The summed E-state index contributed by atoms with van der Waals surface area (Å²) in [7, 11) is -3.86. The minimum Gasteiger partial charge on any atom is -0.393 e. The molecule has 4 aliphatic rings. The lowest BCUT2D eigenvalue weighted by Gasteiger charge is -2.41. The highest BCUT2D eigenvalue weighted by Crippen LogP contribution is 2.51. The fraction of sp³-hybridized carbons (Fsp3) is 0.483. The molecular formula is C29H30ClF3N6O4S2. The molecule has 2 aliphatic heterocycles. The highest BCUT2D eigenvalue weighted by atomic mass is 35.5. The van der Waals surface area contributed by atoms with Crippen molar-refractivity contribution in [3.05, 3.63) is 74.8 Å². The maximum absolute atomic E-state index is 14.1. The van der Waals surface area contributed by atoms with Crippen LogP contribution in [0.4, 0.5) is 13.2 Å². The highest BCUT2D eigenvalue weighted by molar-refractivity contribution is 7.90. The molecule has 10 nitrogen and oxygen atoms in total. The number of rotatable bonds is 8. The van der Waals surface area contributed by atoms with Gasteiger partial charge in [0.2, 0.25) is 10.0 Å². The Morgan fingerprint density at radius 3 is 2.58 bits per heavy atom. The third-order valence-electron chi connectivity index (χ3n) is 9.62. The number of halogens is 4. The number of hydrogen-bond donors (Lipinski definition) is 3.